The Morgan fingerprint density at radius 2 is 1.93 bits per heavy atom. The highest BCUT2D eigenvalue weighted by Crippen LogP contribution is 2.20. The predicted octanol–water partition coefficient (Wildman–Crippen LogP) is 2.97. The number of rotatable bonds is 8. The van der Waals surface area contributed by atoms with Gasteiger partial charge in [-0.1, -0.05) is 26.7 Å². The van der Waals surface area contributed by atoms with Crippen molar-refractivity contribution in [3.05, 3.63) is 0 Å². The minimum Gasteiger partial charge on any atom is -0.377 e. The van der Waals surface area contributed by atoms with Gasteiger partial charge in [0.1, 0.15) is 0 Å². The molecule has 0 unspecified atom stereocenters. The summed E-state index contributed by atoms with van der Waals surface area (Å²) in [6.07, 6.45) is 8.50. The summed E-state index contributed by atoms with van der Waals surface area (Å²) in [5.41, 5.74) is 0. The van der Waals surface area contributed by atoms with Crippen LogP contribution in [0.3, 0.4) is 0 Å². The molecule has 1 N–H and O–H groups in total. The molecule has 0 aromatic rings. The number of nitrogens with one attached hydrogen (secondary N) is 1. The van der Waals surface area contributed by atoms with E-state index >= 15 is 0 Å². The summed E-state index contributed by atoms with van der Waals surface area (Å²) < 4.78 is 5.77. The molecule has 0 radical (unpaired) electrons. The predicted molar refractivity (Wildman–Crippen MR) is 65.1 cm³/mol. The Labute approximate surface area is 94.8 Å². The first-order chi connectivity index (χ1) is 7.29. The zero-order valence-corrected chi connectivity index (χ0v) is 10.4. The molecule has 0 heterocycles. The lowest BCUT2D eigenvalue weighted by Gasteiger charge is -2.11. The second-order valence-corrected chi connectivity index (χ2v) is 5.06. The fourth-order valence-corrected chi connectivity index (χ4v) is 2.11. The van der Waals surface area contributed by atoms with Crippen LogP contribution in [0.5, 0.6) is 0 Å². The molecule has 0 atom stereocenters. The maximum absolute atomic E-state index is 5.77. The van der Waals surface area contributed by atoms with Crippen molar-refractivity contribution in [1.29, 1.82) is 0 Å². The fourth-order valence-electron chi connectivity index (χ4n) is 2.11. The molecular weight excluding hydrogens is 186 g/mol. The van der Waals surface area contributed by atoms with Crippen LogP contribution in [0.2, 0.25) is 0 Å². The van der Waals surface area contributed by atoms with E-state index in [2.05, 4.69) is 19.2 Å². The second-order valence-electron chi connectivity index (χ2n) is 5.06. The third kappa shape index (κ3) is 6.91. The van der Waals surface area contributed by atoms with Gasteiger partial charge < -0.3 is 10.1 Å². The summed E-state index contributed by atoms with van der Waals surface area (Å²) in [7, 11) is 0. The molecule has 1 saturated carbocycles. The van der Waals surface area contributed by atoms with Gasteiger partial charge in [-0.25, -0.2) is 0 Å². The van der Waals surface area contributed by atoms with Crippen LogP contribution in [0.4, 0.5) is 0 Å². The summed E-state index contributed by atoms with van der Waals surface area (Å²) in [6.45, 7) is 7.62. The van der Waals surface area contributed by atoms with E-state index in [0.29, 0.717) is 6.10 Å². The summed E-state index contributed by atoms with van der Waals surface area (Å²) in [5.74, 6) is 0.835. The first kappa shape index (κ1) is 13.0. The van der Waals surface area contributed by atoms with Crippen molar-refractivity contribution in [2.45, 2.75) is 58.5 Å². The van der Waals surface area contributed by atoms with E-state index in [0.717, 1.165) is 25.6 Å². The van der Waals surface area contributed by atoms with Crippen LogP contribution >= 0.6 is 0 Å². The lowest BCUT2D eigenvalue weighted by atomic mass is 10.1. The minimum absolute atomic E-state index is 0.572. The molecule has 2 heteroatoms. The van der Waals surface area contributed by atoms with Gasteiger partial charge in [0.25, 0.3) is 0 Å². The van der Waals surface area contributed by atoms with E-state index in [-0.39, 0.29) is 0 Å². The largest absolute Gasteiger partial charge is 0.377 e. The Bertz CT molecular complexity index is 141. The van der Waals surface area contributed by atoms with Crippen molar-refractivity contribution in [3.8, 4) is 0 Å². The normalized spacial score (nSPS) is 17.8. The van der Waals surface area contributed by atoms with Gasteiger partial charge in [-0.3, -0.25) is 0 Å². The first-order valence-electron chi connectivity index (χ1n) is 6.61. The molecule has 0 aliphatic heterocycles. The standard InChI is InChI=1S/C13H27NO/c1-12(2)6-5-9-14-10-11-15-13-7-3-4-8-13/h12-14H,3-11H2,1-2H3. The van der Waals surface area contributed by atoms with Crippen molar-refractivity contribution in [1.82, 2.24) is 5.32 Å². The third-order valence-corrected chi connectivity index (χ3v) is 3.07. The molecular formula is C13H27NO. The van der Waals surface area contributed by atoms with Crippen LogP contribution in [0.25, 0.3) is 0 Å². The Kier molecular flexibility index (Phi) is 7.03. The minimum atomic E-state index is 0.572. The highest BCUT2D eigenvalue weighted by atomic mass is 16.5. The number of hydrogen-bond donors (Lipinski definition) is 1. The van der Waals surface area contributed by atoms with Crippen molar-refractivity contribution in [2.75, 3.05) is 19.7 Å². The van der Waals surface area contributed by atoms with Crippen LogP contribution in [0, 0.1) is 5.92 Å². The summed E-state index contributed by atoms with van der Waals surface area (Å²) in [4.78, 5) is 0. The Morgan fingerprint density at radius 1 is 1.20 bits per heavy atom. The maximum Gasteiger partial charge on any atom is 0.0594 e. The average molecular weight is 213 g/mol. The van der Waals surface area contributed by atoms with Crippen LogP contribution in [-0.4, -0.2) is 25.8 Å². The molecule has 90 valence electrons. The monoisotopic (exact) mass is 213 g/mol. The summed E-state index contributed by atoms with van der Waals surface area (Å²) in [5, 5.41) is 3.44. The van der Waals surface area contributed by atoms with E-state index in [4.69, 9.17) is 4.74 Å². The van der Waals surface area contributed by atoms with Gasteiger partial charge in [-0.2, -0.15) is 0 Å². The molecule has 0 amide bonds. The molecule has 0 aromatic heterocycles. The molecule has 0 aromatic carbocycles. The van der Waals surface area contributed by atoms with Gasteiger partial charge in [0.05, 0.1) is 12.7 Å². The Morgan fingerprint density at radius 3 is 2.60 bits per heavy atom. The average Bonchev–Trinajstić information content (AvgIpc) is 2.68. The van der Waals surface area contributed by atoms with Crippen molar-refractivity contribution in [3.63, 3.8) is 0 Å². The molecule has 2 nitrogen and oxygen atoms in total. The van der Waals surface area contributed by atoms with Crippen LogP contribution in [0.15, 0.2) is 0 Å². The molecule has 0 bridgehead atoms. The molecule has 1 fully saturated rings. The molecule has 1 aliphatic carbocycles. The van der Waals surface area contributed by atoms with E-state index < -0.39 is 0 Å². The van der Waals surface area contributed by atoms with Gasteiger partial charge in [0.15, 0.2) is 0 Å². The van der Waals surface area contributed by atoms with Gasteiger partial charge in [-0.15, -0.1) is 0 Å². The molecule has 1 aliphatic rings. The van der Waals surface area contributed by atoms with Gasteiger partial charge in [0.2, 0.25) is 0 Å². The van der Waals surface area contributed by atoms with Crippen molar-refractivity contribution < 1.29 is 4.74 Å². The van der Waals surface area contributed by atoms with Crippen molar-refractivity contribution >= 4 is 0 Å². The molecule has 0 spiro atoms. The highest BCUT2D eigenvalue weighted by molar-refractivity contribution is 4.66. The first-order valence-corrected chi connectivity index (χ1v) is 6.61. The number of hydrogen-bond acceptors (Lipinski definition) is 2. The zero-order chi connectivity index (χ0) is 10.9. The van der Waals surface area contributed by atoms with E-state index in [1.807, 2.05) is 0 Å². The topological polar surface area (TPSA) is 21.3 Å². The smallest absolute Gasteiger partial charge is 0.0594 e. The van der Waals surface area contributed by atoms with Crippen LogP contribution in [-0.2, 0) is 4.74 Å². The Balaban J connectivity index is 1.76. The van der Waals surface area contributed by atoms with Crippen LogP contribution in [0.1, 0.15) is 52.4 Å². The van der Waals surface area contributed by atoms with E-state index in [9.17, 15) is 0 Å². The Hall–Kier alpha value is -0.0800. The van der Waals surface area contributed by atoms with Gasteiger partial charge in [0, 0.05) is 6.54 Å². The fraction of sp³-hybridized carbons (Fsp3) is 1.00. The van der Waals surface area contributed by atoms with Gasteiger partial charge in [-0.05, 0) is 38.1 Å². The summed E-state index contributed by atoms with van der Waals surface area (Å²) >= 11 is 0. The van der Waals surface area contributed by atoms with E-state index in [1.165, 1.54) is 38.5 Å². The zero-order valence-electron chi connectivity index (χ0n) is 10.4. The van der Waals surface area contributed by atoms with Crippen LogP contribution < -0.4 is 5.32 Å². The summed E-state index contributed by atoms with van der Waals surface area (Å²) in [6, 6.07) is 0. The maximum atomic E-state index is 5.77. The molecule has 0 saturated heterocycles. The SMILES string of the molecule is CC(C)CCCNCCOC1CCCC1. The quantitative estimate of drug-likeness (QED) is 0.626. The lowest BCUT2D eigenvalue weighted by Crippen LogP contribution is -2.23. The highest BCUT2D eigenvalue weighted by Gasteiger charge is 2.14. The second kappa shape index (κ2) is 8.12. The third-order valence-electron chi connectivity index (χ3n) is 3.07. The number of ether oxygens (including phenoxy) is 1. The van der Waals surface area contributed by atoms with Crippen molar-refractivity contribution in [2.24, 2.45) is 5.92 Å². The molecule has 15 heavy (non-hydrogen) atoms. The lowest BCUT2D eigenvalue weighted by molar-refractivity contribution is 0.0604. The van der Waals surface area contributed by atoms with E-state index in [1.54, 1.807) is 0 Å². The molecule has 1 rings (SSSR count). The van der Waals surface area contributed by atoms with Gasteiger partial charge >= 0.3 is 0 Å².